The summed E-state index contributed by atoms with van der Waals surface area (Å²) in [5.41, 5.74) is 6.11. The van der Waals surface area contributed by atoms with Gasteiger partial charge in [-0.3, -0.25) is 9.59 Å². The van der Waals surface area contributed by atoms with Gasteiger partial charge in [0.2, 0.25) is 5.91 Å². The van der Waals surface area contributed by atoms with E-state index in [-0.39, 0.29) is 38.0 Å². The van der Waals surface area contributed by atoms with Crippen LogP contribution in [0.15, 0.2) is 85.1 Å². The third-order valence-corrected chi connectivity index (χ3v) is 13.5. The number of nitrogens with one attached hydrogen (secondary N) is 1. The highest BCUT2D eigenvalue weighted by Crippen LogP contribution is 2.38. The number of hydrogen-bond donors (Lipinski definition) is 12. The minimum absolute atomic E-state index is 0.156. The molecule has 3 heterocycles. The zero-order chi connectivity index (χ0) is 54.6. The number of nitrogens with two attached hydrogens (primary N) is 1. The number of amides is 1. The normalized spacial score (nSPS) is 42.2. The van der Waals surface area contributed by atoms with Crippen LogP contribution in [0.25, 0.3) is 0 Å². The molecule has 2 fully saturated rings. The molecule has 13 N–H and O–H groups in total. The summed E-state index contributed by atoms with van der Waals surface area (Å²) >= 11 is 0. The molecular weight excluding hydrogens is 953 g/mol. The summed E-state index contributed by atoms with van der Waals surface area (Å²) in [4.78, 5) is 39.5. The van der Waals surface area contributed by atoms with E-state index in [2.05, 4.69) is 5.32 Å². The first-order chi connectivity index (χ1) is 34.4. The number of cyclic esters (lactones) is 1. The Hall–Kier alpha value is -3.97. The second kappa shape index (κ2) is 31.2. The monoisotopic (exact) mass is 1040 g/mol. The Kier molecular flexibility index (Phi) is 27.0. The number of carbonyl (C=O) groups is 3. The zero-order valence-corrected chi connectivity index (χ0v) is 43.1. The summed E-state index contributed by atoms with van der Waals surface area (Å²) in [6.07, 6.45) is 3.27. The van der Waals surface area contributed by atoms with Crippen molar-refractivity contribution in [1.29, 1.82) is 0 Å². The van der Waals surface area contributed by atoms with E-state index < -0.39 is 158 Å². The number of esters is 2. The topological polar surface area (TPSA) is 338 Å². The summed E-state index contributed by atoms with van der Waals surface area (Å²) in [7, 11) is 1.15. The van der Waals surface area contributed by atoms with Crippen molar-refractivity contribution in [2.75, 3.05) is 7.11 Å². The van der Waals surface area contributed by atoms with E-state index in [0.717, 1.165) is 7.11 Å². The molecule has 0 saturated carbocycles. The average Bonchev–Trinajstić information content (AvgIpc) is 3.31. The van der Waals surface area contributed by atoms with Gasteiger partial charge in [0.15, 0.2) is 12.1 Å². The van der Waals surface area contributed by atoms with Gasteiger partial charge in [0.1, 0.15) is 18.2 Å². The summed E-state index contributed by atoms with van der Waals surface area (Å²) in [6, 6.07) is -2.32. The van der Waals surface area contributed by atoms with Gasteiger partial charge >= 0.3 is 11.9 Å². The molecule has 0 aromatic carbocycles. The van der Waals surface area contributed by atoms with Gasteiger partial charge in [0.05, 0.1) is 92.6 Å². The largest absolute Gasteiger partial charge is 0.467 e. The number of methoxy groups -OCH3 is 1. The fourth-order valence-electron chi connectivity index (χ4n) is 8.85. The fraction of sp³-hybridized carbons (Fsp3) is 0.679. The van der Waals surface area contributed by atoms with Crippen molar-refractivity contribution in [2.24, 2.45) is 29.4 Å². The maximum absolute atomic E-state index is 14.1. The predicted octanol–water partition coefficient (Wildman–Crippen LogP) is 0.941. The van der Waals surface area contributed by atoms with Crippen molar-refractivity contribution in [1.82, 2.24) is 5.32 Å². The van der Waals surface area contributed by atoms with Crippen LogP contribution in [0, 0.1) is 23.7 Å². The lowest BCUT2D eigenvalue weighted by Crippen LogP contribution is -2.62. The van der Waals surface area contributed by atoms with E-state index in [1.165, 1.54) is 13.0 Å². The van der Waals surface area contributed by atoms with E-state index in [9.17, 15) is 65.4 Å². The Morgan fingerprint density at radius 2 is 1.25 bits per heavy atom. The number of rotatable bonds is 6. The van der Waals surface area contributed by atoms with Crippen molar-refractivity contribution >= 4 is 17.8 Å². The number of hydrogen-bond acceptors (Lipinski definition) is 19. The lowest BCUT2D eigenvalue weighted by Gasteiger charge is -2.46. The molecule has 0 radical (unpaired) electrons. The number of fused-ring (bicyclic) bond motifs is 2. The average molecular weight is 1040 g/mol. The Bertz CT molecular complexity index is 1910. The maximum Gasteiger partial charge on any atom is 0.328 e. The van der Waals surface area contributed by atoms with Crippen molar-refractivity contribution < 1.29 is 89.1 Å². The van der Waals surface area contributed by atoms with Crippen LogP contribution in [0.5, 0.6) is 0 Å². The highest BCUT2D eigenvalue weighted by molar-refractivity contribution is 5.86. The van der Waals surface area contributed by atoms with Crippen molar-refractivity contribution in [3.05, 3.63) is 85.1 Å². The first-order valence-electron chi connectivity index (χ1n) is 25.2. The molecule has 20 atom stereocenters. The summed E-state index contributed by atoms with van der Waals surface area (Å²) < 4.78 is 28.6. The molecule has 2 bridgehead atoms. The van der Waals surface area contributed by atoms with Crippen LogP contribution in [0.2, 0.25) is 0 Å². The number of carbonyl (C=O) groups excluding carboxylic acids is 3. The van der Waals surface area contributed by atoms with Crippen LogP contribution >= 0.6 is 0 Å². The first-order valence-corrected chi connectivity index (χ1v) is 25.2. The molecule has 0 aromatic heterocycles. The molecule has 0 unspecified atom stereocenters. The standard InChI is InChI=1S/C53H84N2O18/c1-30(2)46(51(67)69-7)55-50(66)44-41(61)29-53(68)28-40(60)39(59)23-22-35(56)24-36(57)25-37(58)26-43(62)70-33(5)32(4)47(63)31(3)20-18-16-14-12-10-8-9-11-13-15-17-19-21-38(27-42(44)73-53)72-52-49(65)45(54)48(64)34(6)71-52/h8-21,30-42,44-49,52,56-61,63-65,68H,22-29,54H2,1-7H3,(H,55,66)/b9-8-,12-10-,13-11-,16-14-,17-15-,20-18-,21-19+/t31-,32-,33-,34-,35+,36+,37+,38-,39+,40+,41-,42-,44+,45+,46-,47+,48-,49+,52+,53+/m0/s1. The van der Waals surface area contributed by atoms with Gasteiger partial charge in [-0.15, -0.1) is 0 Å². The zero-order valence-electron chi connectivity index (χ0n) is 43.1. The van der Waals surface area contributed by atoms with Gasteiger partial charge in [-0.2, -0.15) is 0 Å². The number of aliphatic hydroxyl groups is 10. The minimum atomic E-state index is -2.40. The van der Waals surface area contributed by atoms with Crippen LogP contribution in [-0.4, -0.2) is 180 Å². The number of ether oxygens (including phenoxy) is 5. The summed E-state index contributed by atoms with van der Waals surface area (Å²) in [6.45, 7) is 10.1. The van der Waals surface area contributed by atoms with Gasteiger partial charge in [0, 0.05) is 31.1 Å². The Labute approximate surface area is 429 Å². The lowest BCUT2D eigenvalue weighted by molar-refractivity contribution is -0.308. The molecule has 1 amide bonds. The molecular formula is C53H84N2O18. The van der Waals surface area contributed by atoms with Gasteiger partial charge in [-0.05, 0) is 45.4 Å². The smallest absolute Gasteiger partial charge is 0.328 e. The molecule has 3 aliphatic rings. The van der Waals surface area contributed by atoms with Gasteiger partial charge in [-0.25, -0.2) is 4.79 Å². The molecule has 0 spiro atoms. The minimum Gasteiger partial charge on any atom is -0.467 e. The van der Waals surface area contributed by atoms with Crippen molar-refractivity contribution in [3.8, 4) is 0 Å². The van der Waals surface area contributed by atoms with Crippen LogP contribution in [-0.2, 0) is 38.1 Å². The van der Waals surface area contributed by atoms with Crippen LogP contribution in [0.3, 0.4) is 0 Å². The highest BCUT2D eigenvalue weighted by Gasteiger charge is 2.51. The van der Waals surface area contributed by atoms with Crippen LogP contribution < -0.4 is 11.1 Å². The molecule has 2 saturated heterocycles. The van der Waals surface area contributed by atoms with Gasteiger partial charge in [0.25, 0.3) is 0 Å². The third kappa shape index (κ3) is 20.9. The van der Waals surface area contributed by atoms with E-state index in [1.54, 1.807) is 94.5 Å². The Balaban J connectivity index is 1.98. The van der Waals surface area contributed by atoms with Crippen LogP contribution in [0.4, 0.5) is 0 Å². The third-order valence-electron chi connectivity index (χ3n) is 13.5. The van der Waals surface area contributed by atoms with E-state index >= 15 is 0 Å². The fourth-order valence-corrected chi connectivity index (χ4v) is 8.85. The number of aliphatic hydroxyl groups excluding tert-OH is 9. The molecule has 20 heteroatoms. The highest BCUT2D eigenvalue weighted by atomic mass is 16.7. The maximum atomic E-state index is 14.1. The molecule has 0 aliphatic carbocycles. The molecule has 0 aromatic rings. The Morgan fingerprint density at radius 3 is 1.82 bits per heavy atom. The second-order valence-electron chi connectivity index (χ2n) is 20.0. The quantitative estimate of drug-likeness (QED) is 0.165. The second-order valence-corrected chi connectivity index (χ2v) is 20.0. The van der Waals surface area contributed by atoms with Gasteiger partial charge in [-0.1, -0.05) is 113 Å². The predicted molar refractivity (Wildman–Crippen MR) is 268 cm³/mol. The van der Waals surface area contributed by atoms with Crippen molar-refractivity contribution in [2.45, 2.75) is 196 Å². The molecule has 73 heavy (non-hydrogen) atoms. The van der Waals surface area contributed by atoms with E-state index in [4.69, 9.17) is 29.4 Å². The van der Waals surface area contributed by atoms with Crippen molar-refractivity contribution in [3.63, 3.8) is 0 Å². The molecule has 3 rings (SSSR count). The Morgan fingerprint density at radius 1 is 0.699 bits per heavy atom. The lowest BCUT2D eigenvalue weighted by atomic mass is 9.81. The van der Waals surface area contributed by atoms with Crippen LogP contribution in [0.1, 0.15) is 92.9 Å². The molecule has 414 valence electrons. The van der Waals surface area contributed by atoms with E-state index in [1.807, 2.05) is 19.1 Å². The van der Waals surface area contributed by atoms with E-state index in [0.29, 0.717) is 0 Å². The number of allylic oxidation sites excluding steroid dienone is 12. The SMILES string of the molecule is COC(=O)[C@@H](NC(=O)[C@H]1[C@@H]2C[C@@H](O[C@H]3O[C@@H](C)[C@H](O)[C@@H](N)[C@H]3O)/C=C/C=C\C=C/C=C\C=C/C=C\C=C/[C@H](C)[C@@H](O)[C@@H](C)[C@H](C)OC(=O)C[C@H](O)C[C@H](O)C[C@H](O)CC[C@@H](O)[C@H](O)C[C@](O)(C[C@@H]1O)O2)C(C)C. The van der Waals surface area contributed by atoms with Gasteiger partial charge < -0.3 is 85.8 Å². The first kappa shape index (κ1) is 63.3. The summed E-state index contributed by atoms with van der Waals surface area (Å²) in [5, 5.41) is 113. The molecule has 20 nitrogen and oxygen atoms in total. The summed E-state index contributed by atoms with van der Waals surface area (Å²) in [5.74, 6) is -7.44. The molecule has 3 aliphatic heterocycles.